The lowest BCUT2D eigenvalue weighted by molar-refractivity contribution is -0.137. The van der Waals surface area contributed by atoms with Crippen LogP contribution >= 0.6 is 0 Å². The molecule has 96 valence electrons. The summed E-state index contributed by atoms with van der Waals surface area (Å²) in [5.74, 6) is -1.12. The molecule has 2 rings (SSSR count). The highest BCUT2D eigenvalue weighted by molar-refractivity contribution is 5.97. The molecule has 0 spiro atoms. The van der Waals surface area contributed by atoms with Gasteiger partial charge in [0.1, 0.15) is 6.54 Å². The van der Waals surface area contributed by atoms with Crippen LogP contribution in [0.4, 0.5) is 0 Å². The van der Waals surface area contributed by atoms with Gasteiger partial charge in [0.15, 0.2) is 0 Å². The van der Waals surface area contributed by atoms with E-state index in [1.54, 1.807) is 6.07 Å². The number of hydrogen-bond acceptors (Lipinski definition) is 2. The van der Waals surface area contributed by atoms with E-state index in [1.807, 2.05) is 26.0 Å². The van der Waals surface area contributed by atoms with E-state index in [0.29, 0.717) is 5.56 Å². The van der Waals surface area contributed by atoms with Gasteiger partial charge in [-0.1, -0.05) is 12.1 Å². The van der Waals surface area contributed by atoms with Gasteiger partial charge in [0.2, 0.25) is 0 Å². The molecule has 1 amide bonds. The molecule has 4 heteroatoms. The number of hydrogen-bond donors (Lipinski definition) is 1. The summed E-state index contributed by atoms with van der Waals surface area (Å²) in [5, 5.41) is 8.89. The first-order chi connectivity index (χ1) is 8.50. The predicted octanol–water partition coefficient (Wildman–Crippen LogP) is 1.99. The van der Waals surface area contributed by atoms with Crippen molar-refractivity contribution in [1.82, 2.24) is 4.90 Å². The van der Waals surface area contributed by atoms with Crippen molar-refractivity contribution >= 4 is 11.9 Å². The average molecular weight is 247 g/mol. The van der Waals surface area contributed by atoms with Crippen molar-refractivity contribution in [2.45, 2.75) is 32.7 Å². The molecule has 0 saturated heterocycles. The van der Waals surface area contributed by atoms with Crippen molar-refractivity contribution in [1.29, 1.82) is 0 Å². The number of carbonyl (C=O) groups is 2. The standard InChI is InChI=1S/C14H17NO3/c1-9-4-3-5-12(10(9)2)14(18)15(8-13(16)17)11-6-7-11/h3-5,11H,6-8H2,1-2H3,(H,16,17). The maximum Gasteiger partial charge on any atom is 0.323 e. The van der Waals surface area contributed by atoms with Gasteiger partial charge in [0.25, 0.3) is 5.91 Å². The van der Waals surface area contributed by atoms with Gasteiger partial charge >= 0.3 is 5.97 Å². The lowest BCUT2D eigenvalue weighted by atomic mass is 10.0. The smallest absolute Gasteiger partial charge is 0.323 e. The lowest BCUT2D eigenvalue weighted by Gasteiger charge is -2.21. The summed E-state index contributed by atoms with van der Waals surface area (Å²) in [5.41, 5.74) is 2.59. The highest BCUT2D eigenvalue weighted by Gasteiger charge is 2.34. The van der Waals surface area contributed by atoms with Crippen molar-refractivity contribution in [3.05, 3.63) is 34.9 Å². The largest absolute Gasteiger partial charge is 0.480 e. The molecule has 1 fully saturated rings. The molecular formula is C14H17NO3. The van der Waals surface area contributed by atoms with Gasteiger partial charge in [-0.15, -0.1) is 0 Å². The molecule has 0 atom stereocenters. The van der Waals surface area contributed by atoms with Gasteiger partial charge in [0.05, 0.1) is 0 Å². The Kier molecular flexibility index (Phi) is 3.36. The first kappa shape index (κ1) is 12.6. The van der Waals surface area contributed by atoms with Crippen LogP contribution in [-0.2, 0) is 4.79 Å². The molecule has 1 aliphatic rings. The minimum absolute atomic E-state index is 0.105. The summed E-state index contributed by atoms with van der Waals surface area (Å²) in [6, 6.07) is 5.65. The molecule has 1 N–H and O–H groups in total. The van der Waals surface area contributed by atoms with Crippen LogP contribution in [0.5, 0.6) is 0 Å². The summed E-state index contributed by atoms with van der Waals surface area (Å²) >= 11 is 0. The van der Waals surface area contributed by atoms with Gasteiger partial charge in [-0.2, -0.15) is 0 Å². The summed E-state index contributed by atoms with van der Waals surface area (Å²) < 4.78 is 0. The zero-order valence-corrected chi connectivity index (χ0v) is 10.6. The number of aliphatic carboxylic acids is 1. The van der Waals surface area contributed by atoms with E-state index in [1.165, 1.54) is 4.90 Å². The molecule has 0 bridgehead atoms. The zero-order chi connectivity index (χ0) is 13.3. The Morgan fingerprint density at radius 2 is 2.00 bits per heavy atom. The quantitative estimate of drug-likeness (QED) is 0.885. The fraction of sp³-hybridized carbons (Fsp3) is 0.429. The van der Waals surface area contributed by atoms with Crippen LogP contribution in [0.2, 0.25) is 0 Å². The Morgan fingerprint density at radius 1 is 1.33 bits per heavy atom. The lowest BCUT2D eigenvalue weighted by Crippen LogP contribution is -2.37. The highest BCUT2D eigenvalue weighted by Crippen LogP contribution is 2.28. The highest BCUT2D eigenvalue weighted by atomic mass is 16.4. The SMILES string of the molecule is Cc1cccc(C(=O)N(CC(=O)O)C2CC2)c1C. The number of benzene rings is 1. The Hall–Kier alpha value is -1.84. The van der Waals surface area contributed by atoms with Crippen LogP contribution in [0.15, 0.2) is 18.2 Å². The van der Waals surface area contributed by atoms with E-state index in [4.69, 9.17) is 5.11 Å². The Labute approximate surface area is 106 Å². The average Bonchev–Trinajstić information content (AvgIpc) is 3.12. The molecule has 1 saturated carbocycles. The molecule has 0 aromatic heterocycles. The molecule has 1 aliphatic carbocycles. The number of aryl methyl sites for hydroxylation is 1. The van der Waals surface area contributed by atoms with Crippen molar-refractivity contribution in [2.24, 2.45) is 0 Å². The van der Waals surface area contributed by atoms with Crippen molar-refractivity contribution in [2.75, 3.05) is 6.54 Å². The van der Waals surface area contributed by atoms with Gasteiger partial charge in [-0.05, 0) is 43.9 Å². The maximum atomic E-state index is 12.4. The molecule has 18 heavy (non-hydrogen) atoms. The van der Waals surface area contributed by atoms with Gasteiger partial charge in [0, 0.05) is 11.6 Å². The van der Waals surface area contributed by atoms with E-state index < -0.39 is 5.97 Å². The van der Waals surface area contributed by atoms with Crippen LogP contribution in [0.3, 0.4) is 0 Å². The van der Waals surface area contributed by atoms with E-state index in [2.05, 4.69) is 0 Å². The number of carbonyl (C=O) groups excluding carboxylic acids is 1. The van der Waals surface area contributed by atoms with Crippen LogP contribution in [-0.4, -0.2) is 34.5 Å². The molecule has 0 heterocycles. The first-order valence-corrected chi connectivity index (χ1v) is 6.09. The van der Waals surface area contributed by atoms with Crippen LogP contribution in [0, 0.1) is 13.8 Å². The second-order valence-electron chi connectivity index (χ2n) is 4.81. The number of carboxylic acids is 1. The number of rotatable bonds is 4. The van der Waals surface area contributed by atoms with Gasteiger partial charge in [-0.25, -0.2) is 0 Å². The second-order valence-corrected chi connectivity index (χ2v) is 4.81. The maximum absolute atomic E-state index is 12.4. The van der Waals surface area contributed by atoms with Crippen molar-refractivity contribution in [3.63, 3.8) is 0 Å². The third-order valence-electron chi connectivity index (χ3n) is 3.39. The molecule has 1 aromatic rings. The Morgan fingerprint density at radius 3 is 2.56 bits per heavy atom. The molecule has 0 unspecified atom stereocenters. The minimum atomic E-state index is -0.958. The monoisotopic (exact) mass is 247 g/mol. The van der Waals surface area contributed by atoms with Crippen molar-refractivity contribution in [3.8, 4) is 0 Å². The molecule has 0 aliphatic heterocycles. The van der Waals surface area contributed by atoms with E-state index in [0.717, 1.165) is 24.0 Å². The van der Waals surface area contributed by atoms with E-state index in [-0.39, 0.29) is 18.5 Å². The zero-order valence-electron chi connectivity index (χ0n) is 10.6. The third kappa shape index (κ3) is 2.53. The van der Waals surface area contributed by atoms with Crippen LogP contribution in [0.1, 0.15) is 34.3 Å². The van der Waals surface area contributed by atoms with Crippen LogP contribution in [0.25, 0.3) is 0 Å². The Balaban J connectivity index is 2.27. The second kappa shape index (κ2) is 4.80. The Bertz CT molecular complexity index is 492. The van der Waals surface area contributed by atoms with Crippen molar-refractivity contribution < 1.29 is 14.7 Å². The summed E-state index contributed by atoms with van der Waals surface area (Å²) in [6.45, 7) is 3.63. The summed E-state index contributed by atoms with van der Waals surface area (Å²) in [4.78, 5) is 24.7. The first-order valence-electron chi connectivity index (χ1n) is 6.09. The third-order valence-corrected chi connectivity index (χ3v) is 3.39. The molecule has 1 aromatic carbocycles. The van der Waals surface area contributed by atoms with Gasteiger partial charge < -0.3 is 10.0 Å². The van der Waals surface area contributed by atoms with E-state index >= 15 is 0 Å². The minimum Gasteiger partial charge on any atom is -0.480 e. The number of amides is 1. The topological polar surface area (TPSA) is 57.6 Å². The van der Waals surface area contributed by atoms with Crippen LogP contribution < -0.4 is 0 Å². The van der Waals surface area contributed by atoms with Gasteiger partial charge in [-0.3, -0.25) is 9.59 Å². The number of nitrogens with zero attached hydrogens (tertiary/aromatic N) is 1. The normalized spacial score (nSPS) is 14.3. The predicted molar refractivity (Wildman–Crippen MR) is 67.6 cm³/mol. The number of carboxylic acid groups (broad SMARTS) is 1. The fourth-order valence-corrected chi connectivity index (χ4v) is 2.04. The fourth-order valence-electron chi connectivity index (χ4n) is 2.04. The molecular weight excluding hydrogens is 230 g/mol. The molecule has 4 nitrogen and oxygen atoms in total. The molecule has 0 radical (unpaired) electrons. The van der Waals surface area contributed by atoms with E-state index in [9.17, 15) is 9.59 Å². The summed E-state index contributed by atoms with van der Waals surface area (Å²) in [6.07, 6.45) is 1.81. The summed E-state index contributed by atoms with van der Waals surface area (Å²) in [7, 11) is 0.